The number of hydrogen-bond acceptors (Lipinski definition) is 7. The summed E-state index contributed by atoms with van der Waals surface area (Å²) >= 11 is 7.49. The average Bonchev–Trinajstić information content (AvgIpc) is 3.20. The van der Waals surface area contributed by atoms with Crippen molar-refractivity contribution in [1.29, 1.82) is 0 Å². The number of thiazole rings is 1. The number of pyridine rings is 1. The molecule has 0 unspecified atom stereocenters. The van der Waals surface area contributed by atoms with E-state index in [0.717, 1.165) is 22.1 Å². The van der Waals surface area contributed by atoms with Gasteiger partial charge in [-0.2, -0.15) is 0 Å². The van der Waals surface area contributed by atoms with E-state index in [4.69, 9.17) is 16.3 Å². The zero-order chi connectivity index (χ0) is 22.7. The molecule has 3 aromatic rings. The monoisotopic (exact) mass is 470 g/mol. The van der Waals surface area contributed by atoms with Crippen molar-refractivity contribution in [1.82, 2.24) is 14.9 Å². The molecule has 0 bridgehead atoms. The predicted molar refractivity (Wildman–Crippen MR) is 126 cm³/mol. The number of ether oxygens (including phenoxy) is 1. The number of esters is 1. The molecule has 2 aromatic heterocycles. The van der Waals surface area contributed by atoms with E-state index < -0.39 is 0 Å². The van der Waals surface area contributed by atoms with Crippen LogP contribution in [-0.2, 0) is 4.74 Å². The summed E-state index contributed by atoms with van der Waals surface area (Å²) in [6, 6.07) is 11.0. The van der Waals surface area contributed by atoms with Gasteiger partial charge in [-0.3, -0.25) is 4.79 Å². The second-order valence-corrected chi connectivity index (χ2v) is 8.78. The quantitative estimate of drug-likeness (QED) is 0.517. The fraction of sp³-hybridized carbons (Fsp3) is 0.304. The highest BCUT2D eigenvalue weighted by Gasteiger charge is 2.26. The summed E-state index contributed by atoms with van der Waals surface area (Å²) in [5.74, 6) is 0.403. The van der Waals surface area contributed by atoms with Crippen molar-refractivity contribution in [3.8, 4) is 10.6 Å². The predicted octanol–water partition coefficient (Wildman–Crippen LogP) is 4.31. The van der Waals surface area contributed by atoms with Crippen molar-refractivity contribution in [2.75, 3.05) is 37.7 Å². The number of amides is 1. The summed E-state index contributed by atoms with van der Waals surface area (Å²) in [6.07, 6.45) is 1.53. The number of rotatable bonds is 5. The average molecular weight is 471 g/mol. The number of aryl methyl sites for hydroxylation is 1. The molecule has 1 amide bonds. The number of benzene rings is 1. The van der Waals surface area contributed by atoms with Gasteiger partial charge in [0.15, 0.2) is 0 Å². The van der Waals surface area contributed by atoms with Crippen LogP contribution in [0.4, 0.5) is 5.82 Å². The first-order valence-electron chi connectivity index (χ1n) is 10.4. The lowest BCUT2D eigenvalue weighted by Gasteiger charge is -2.35. The maximum atomic E-state index is 13.1. The van der Waals surface area contributed by atoms with Crippen molar-refractivity contribution in [3.05, 3.63) is 63.8 Å². The van der Waals surface area contributed by atoms with Crippen LogP contribution >= 0.6 is 22.9 Å². The van der Waals surface area contributed by atoms with Crippen LogP contribution in [0.15, 0.2) is 42.6 Å². The fourth-order valence-electron chi connectivity index (χ4n) is 3.53. The second-order valence-electron chi connectivity index (χ2n) is 7.35. The Labute approximate surface area is 195 Å². The van der Waals surface area contributed by atoms with Gasteiger partial charge in [-0.1, -0.05) is 23.7 Å². The molecular formula is C23H23ClN4O3S. The van der Waals surface area contributed by atoms with E-state index in [1.807, 2.05) is 42.2 Å². The summed E-state index contributed by atoms with van der Waals surface area (Å²) in [4.78, 5) is 38.5. The molecule has 9 heteroatoms. The minimum atomic E-state index is -0.376. The Hall–Kier alpha value is -2.97. The van der Waals surface area contributed by atoms with Gasteiger partial charge in [0.25, 0.3) is 5.91 Å². The van der Waals surface area contributed by atoms with Gasteiger partial charge < -0.3 is 14.5 Å². The molecule has 0 saturated carbocycles. The molecule has 0 radical (unpaired) electrons. The summed E-state index contributed by atoms with van der Waals surface area (Å²) in [5, 5.41) is 1.43. The molecule has 1 fully saturated rings. The van der Waals surface area contributed by atoms with E-state index >= 15 is 0 Å². The molecule has 0 spiro atoms. The number of carbonyl (C=O) groups is 2. The minimum Gasteiger partial charge on any atom is -0.462 e. The van der Waals surface area contributed by atoms with Gasteiger partial charge in [-0.05, 0) is 38.1 Å². The summed E-state index contributed by atoms with van der Waals surface area (Å²) in [7, 11) is 0. The summed E-state index contributed by atoms with van der Waals surface area (Å²) in [6.45, 7) is 6.46. The molecule has 0 N–H and O–H groups in total. The van der Waals surface area contributed by atoms with Crippen molar-refractivity contribution in [3.63, 3.8) is 0 Å². The van der Waals surface area contributed by atoms with E-state index in [0.29, 0.717) is 48.2 Å². The van der Waals surface area contributed by atoms with Crippen LogP contribution in [0.3, 0.4) is 0 Å². The Bertz CT molecular complexity index is 1120. The molecule has 0 aliphatic carbocycles. The molecule has 1 aromatic carbocycles. The Morgan fingerprint density at radius 1 is 1.16 bits per heavy atom. The first-order valence-corrected chi connectivity index (χ1v) is 11.6. The molecule has 0 atom stereocenters. The number of halogens is 1. The normalized spacial score (nSPS) is 13.8. The van der Waals surface area contributed by atoms with Gasteiger partial charge in [0.05, 0.1) is 17.9 Å². The third kappa shape index (κ3) is 4.76. The van der Waals surface area contributed by atoms with Gasteiger partial charge in [-0.15, -0.1) is 11.3 Å². The van der Waals surface area contributed by atoms with Gasteiger partial charge in [-0.25, -0.2) is 14.8 Å². The number of anilines is 1. The number of piperazine rings is 1. The van der Waals surface area contributed by atoms with Crippen molar-refractivity contribution < 1.29 is 14.3 Å². The van der Waals surface area contributed by atoms with Gasteiger partial charge in [0.1, 0.15) is 15.7 Å². The lowest BCUT2D eigenvalue weighted by Crippen LogP contribution is -2.49. The zero-order valence-corrected chi connectivity index (χ0v) is 19.4. The highest BCUT2D eigenvalue weighted by atomic mass is 35.5. The SMILES string of the molecule is CCOC(=O)c1ccc(N2CCN(C(=O)c3sc(-c4cccc(Cl)c4)nc3C)CC2)nc1. The number of nitrogens with zero attached hydrogens (tertiary/aromatic N) is 4. The molecule has 1 aliphatic heterocycles. The minimum absolute atomic E-state index is 0.00135. The van der Waals surface area contributed by atoms with E-state index in [9.17, 15) is 9.59 Å². The maximum Gasteiger partial charge on any atom is 0.339 e. The largest absolute Gasteiger partial charge is 0.462 e. The van der Waals surface area contributed by atoms with Crippen LogP contribution in [-0.4, -0.2) is 59.5 Å². The molecule has 1 aliphatic rings. The Morgan fingerprint density at radius 3 is 2.59 bits per heavy atom. The van der Waals surface area contributed by atoms with E-state index in [2.05, 4.69) is 14.9 Å². The molecule has 4 rings (SSSR count). The van der Waals surface area contributed by atoms with Crippen molar-refractivity contribution in [2.24, 2.45) is 0 Å². The summed E-state index contributed by atoms with van der Waals surface area (Å²) < 4.78 is 4.99. The fourth-order valence-corrected chi connectivity index (χ4v) is 4.75. The van der Waals surface area contributed by atoms with Gasteiger partial charge >= 0.3 is 5.97 Å². The molecule has 32 heavy (non-hydrogen) atoms. The van der Waals surface area contributed by atoms with Crippen LogP contribution in [0.1, 0.15) is 32.6 Å². The van der Waals surface area contributed by atoms with E-state index in [1.54, 1.807) is 13.0 Å². The lowest BCUT2D eigenvalue weighted by molar-refractivity contribution is 0.0525. The van der Waals surface area contributed by atoms with E-state index in [1.165, 1.54) is 17.5 Å². The zero-order valence-electron chi connectivity index (χ0n) is 17.9. The van der Waals surface area contributed by atoms with E-state index in [-0.39, 0.29) is 11.9 Å². The maximum absolute atomic E-state index is 13.1. The van der Waals surface area contributed by atoms with Crippen molar-refractivity contribution in [2.45, 2.75) is 13.8 Å². The summed E-state index contributed by atoms with van der Waals surface area (Å²) in [5.41, 5.74) is 2.07. The highest BCUT2D eigenvalue weighted by molar-refractivity contribution is 7.17. The molecule has 166 valence electrons. The molecule has 7 nitrogen and oxygen atoms in total. The Kier molecular flexibility index (Phi) is 6.72. The standard InChI is InChI=1S/C23H23ClN4O3S/c1-3-31-23(30)17-7-8-19(25-14-17)27-9-11-28(12-10-27)22(29)20-15(2)26-21(32-20)16-5-4-6-18(24)13-16/h4-8,13-14H,3,9-12H2,1-2H3. The number of hydrogen-bond donors (Lipinski definition) is 0. The van der Waals surface area contributed by atoms with Gasteiger partial charge in [0.2, 0.25) is 0 Å². The smallest absolute Gasteiger partial charge is 0.339 e. The van der Waals surface area contributed by atoms with Crippen LogP contribution in [0, 0.1) is 6.92 Å². The van der Waals surface area contributed by atoms with Crippen LogP contribution in [0.25, 0.3) is 10.6 Å². The number of aromatic nitrogens is 2. The highest BCUT2D eigenvalue weighted by Crippen LogP contribution is 2.30. The first kappa shape index (κ1) is 22.2. The van der Waals surface area contributed by atoms with Crippen LogP contribution in [0.2, 0.25) is 5.02 Å². The molecule has 3 heterocycles. The Balaban J connectivity index is 1.40. The first-order chi connectivity index (χ1) is 15.5. The Morgan fingerprint density at radius 2 is 1.94 bits per heavy atom. The van der Waals surface area contributed by atoms with Gasteiger partial charge in [0, 0.05) is 43.0 Å². The third-order valence-corrected chi connectivity index (χ3v) is 6.64. The molecular weight excluding hydrogens is 448 g/mol. The van der Waals surface area contributed by atoms with Crippen LogP contribution in [0.5, 0.6) is 0 Å². The second kappa shape index (κ2) is 9.67. The molecule has 1 saturated heterocycles. The van der Waals surface area contributed by atoms with Crippen molar-refractivity contribution >= 4 is 40.6 Å². The third-order valence-electron chi connectivity index (χ3n) is 5.21. The van der Waals surface area contributed by atoms with Crippen LogP contribution < -0.4 is 4.90 Å². The number of carbonyl (C=O) groups excluding carboxylic acids is 2. The topological polar surface area (TPSA) is 75.6 Å². The lowest BCUT2D eigenvalue weighted by atomic mass is 10.2.